The Morgan fingerprint density at radius 1 is 0.357 bits per heavy atom. The molecule has 2 atom stereocenters. The molecule has 0 aromatic rings. The van der Waals surface area contributed by atoms with Crippen molar-refractivity contribution in [3.63, 3.8) is 0 Å². The van der Waals surface area contributed by atoms with Crippen molar-refractivity contribution in [2.75, 3.05) is 0 Å². The summed E-state index contributed by atoms with van der Waals surface area (Å²) in [5, 5.41) is 0. The van der Waals surface area contributed by atoms with Gasteiger partial charge in [-0.2, -0.15) is 0 Å². The first-order chi connectivity index (χ1) is 20.6. The first kappa shape index (κ1) is 40.9. The highest BCUT2D eigenvalue weighted by atomic mass is 16.6. The topological polar surface area (TPSA) is 52.6 Å². The van der Waals surface area contributed by atoms with E-state index in [0.717, 1.165) is 64.2 Å². The van der Waals surface area contributed by atoms with E-state index in [0.29, 0.717) is 12.8 Å². The van der Waals surface area contributed by atoms with Crippen molar-refractivity contribution in [1.29, 1.82) is 0 Å². The zero-order valence-corrected chi connectivity index (χ0v) is 29.0. The van der Waals surface area contributed by atoms with Gasteiger partial charge in [-0.1, -0.05) is 169 Å². The minimum absolute atomic E-state index is 0.104. The molecule has 0 radical (unpaired) electrons. The van der Waals surface area contributed by atoms with Gasteiger partial charge < -0.3 is 9.47 Å². The molecule has 0 spiro atoms. The number of hydrogen-bond donors (Lipinski definition) is 0. The van der Waals surface area contributed by atoms with Crippen LogP contribution in [0.5, 0.6) is 0 Å². The average molecular weight is 595 g/mol. The van der Waals surface area contributed by atoms with E-state index in [9.17, 15) is 9.59 Å². The maximum absolute atomic E-state index is 12.9. The lowest BCUT2D eigenvalue weighted by atomic mass is 9.99. The summed E-state index contributed by atoms with van der Waals surface area (Å²) in [4.78, 5) is 25.8. The predicted molar refractivity (Wildman–Crippen MR) is 181 cm³/mol. The quantitative estimate of drug-likeness (QED) is 0.0560. The summed E-state index contributed by atoms with van der Waals surface area (Å²) < 4.78 is 12.2. The lowest BCUT2D eigenvalue weighted by molar-refractivity contribution is -0.169. The van der Waals surface area contributed by atoms with Crippen molar-refractivity contribution in [3.05, 3.63) is 0 Å². The molecule has 0 aromatic heterocycles. The van der Waals surface area contributed by atoms with Gasteiger partial charge in [-0.3, -0.25) is 9.59 Å². The van der Waals surface area contributed by atoms with Crippen LogP contribution in [0.2, 0.25) is 0 Å². The third-order valence-electron chi connectivity index (χ3n) is 8.63. The van der Waals surface area contributed by atoms with Gasteiger partial charge in [0, 0.05) is 12.8 Å². The van der Waals surface area contributed by atoms with Crippen LogP contribution in [-0.4, -0.2) is 24.1 Å². The monoisotopic (exact) mass is 595 g/mol. The maximum Gasteiger partial charge on any atom is 0.306 e. The molecule has 0 N–H and O–H groups in total. The van der Waals surface area contributed by atoms with Gasteiger partial charge >= 0.3 is 11.9 Å². The van der Waals surface area contributed by atoms with Crippen LogP contribution in [0, 0.1) is 0 Å². The van der Waals surface area contributed by atoms with Crippen molar-refractivity contribution in [2.24, 2.45) is 0 Å². The number of unbranched alkanes of at least 4 members (excludes halogenated alkanes) is 22. The van der Waals surface area contributed by atoms with E-state index in [2.05, 4.69) is 27.7 Å². The van der Waals surface area contributed by atoms with Crippen LogP contribution in [0.1, 0.15) is 220 Å². The summed E-state index contributed by atoms with van der Waals surface area (Å²) >= 11 is 0. The van der Waals surface area contributed by atoms with E-state index in [4.69, 9.17) is 9.47 Å². The average Bonchev–Trinajstić information content (AvgIpc) is 2.98. The fourth-order valence-corrected chi connectivity index (χ4v) is 5.80. The van der Waals surface area contributed by atoms with Crippen molar-refractivity contribution < 1.29 is 19.1 Å². The summed E-state index contributed by atoms with van der Waals surface area (Å²) in [7, 11) is 0. The molecule has 4 heteroatoms. The van der Waals surface area contributed by atoms with E-state index >= 15 is 0 Å². The van der Waals surface area contributed by atoms with E-state index in [1.165, 1.54) is 116 Å². The first-order valence-electron chi connectivity index (χ1n) is 19.0. The van der Waals surface area contributed by atoms with Crippen LogP contribution >= 0.6 is 0 Å². The highest BCUT2D eigenvalue weighted by Gasteiger charge is 2.28. The molecule has 42 heavy (non-hydrogen) atoms. The van der Waals surface area contributed by atoms with Gasteiger partial charge in [0.25, 0.3) is 0 Å². The molecule has 2 unspecified atom stereocenters. The number of rotatable bonds is 33. The third-order valence-corrected chi connectivity index (χ3v) is 8.63. The molecule has 4 nitrogen and oxygen atoms in total. The summed E-state index contributed by atoms with van der Waals surface area (Å²) in [6.45, 7) is 8.94. The Morgan fingerprint density at radius 2 is 0.595 bits per heavy atom. The maximum atomic E-state index is 12.9. The number of esters is 2. The molecule has 0 aliphatic heterocycles. The Morgan fingerprint density at radius 3 is 0.881 bits per heavy atom. The van der Waals surface area contributed by atoms with Gasteiger partial charge in [-0.05, 0) is 38.5 Å². The number of ether oxygens (including phenoxy) is 2. The van der Waals surface area contributed by atoms with Crippen LogP contribution in [0.15, 0.2) is 0 Å². The van der Waals surface area contributed by atoms with Gasteiger partial charge in [0.05, 0.1) is 0 Å². The third kappa shape index (κ3) is 27.8. The second-order valence-corrected chi connectivity index (χ2v) is 12.9. The summed E-state index contributed by atoms with van der Waals surface area (Å²) in [5.41, 5.74) is 0. The molecule has 0 aliphatic carbocycles. The predicted octanol–water partition coefficient (Wildman–Crippen LogP) is 12.6. The van der Waals surface area contributed by atoms with Crippen LogP contribution in [-0.2, 0) is 19.1 Å². The van der Waals surface area contributed by atoms with Gasteiger partial charge in [0.1, 0.15) is 12.2 Å². The van der Waals surface area contributed by atoms with Crippen molar-refractivity contribution in [2.45, 2.75) is 233 Å². The summed E-state index contributed by atoms with van der Waals surface area (Å²) in [6.07, 6.45) is 33.3. The normalized spacial score (nSPS) is 12.8. The molecule has 250 valence electrons. The molecule has 0 amide bonds. The lowest BCUT2D eigenvalue weighted by Gasteiger charge is -2.27. The zero-order valence-electron chi connectivity index (χ0n) is 29.0. The summed E-state index contributed by atoms with van der Waals surface area (Å²) in [6, 6.07) is 0. The standard InChI is InChI=1S/C38H74O4/c1-5-9-13-17-19-20-21-22-24-26-30-34-38(40)42-36(32-28-16-12-8-4)35(31-27-15-11-7-3)41-37(39)33-29-25-23-18-14-10-6-2/h35-36H,5-34H2,1-4H3. The van der Waals surface area contributed by atoms with Gasteiger partial charge in [-0.25, -0.2) is 0 Å². The van der Waals surface area contributed by atoms with E-state index in [1.54, 1.807) is 0 Å². The number of hydrogen-bond acceptors (Lipinski definition) is 4. The fraction of sp³-hybridized carbons (Fsp3) is 0.947. The second-order valence-electron chi connectivity index (χ2n) is 12.9. The molecule has 0 rings (SSSR count). The van der Waals surface area contributed by atoms with Crippen LogP contribution in [0.3, 0.4) is 0 Å². The number of carbonyl (C=O) groups is 2. The Kier molecular flexibility index (Phi) is 32.0. The Hall–Kier alpha value is -1.06. The molecule has 0 saturated carbocycles. The number of carbonyl (C=O) groups excluding carboxylic acids is 2. The molecule has 0 saturated heterocycles. The van der Waals surface area contributed by atoms with Crippen molar-refractivity contribution >= 4 is 11.9 Å². The first-order valence-corrected chi connectivity index (χ1v) is 19.0. The second kappa shape index (κ2) is 32.8. The SMILES string of the molecule is CCCCCCCCCCCCCC(=O)OC(CCCCCC)C(CCCCCC)OC(=O)CCCCCCCCC. The smallest absolute Gasteiger partial charge is 0.306 e. The molecular weight excluding hydrogens is 520 g/mol. The fourth-order valence-electron chi connectivity index (χ4n) is 5.80. The molecule has 0 aromatic carbocycles. The molecule has 0 bridgehead atoms. The van der Waals surface area contributed by atoms with Crippen LogP contribution in [0.4, 0.5) is 0 Å². The molecule has 0 aliphatic rings. The molecule has 0 fully saturated rings. The van der Waals surface area contributed by atoms with Gasteiger partial charge in [-0.15, -0.1) is 0 Å². The van der Waals surface area contributed by atoms with Gasteiger partial charge in [0.2, 0.25) is 0 Å². The van der Waals surface area contributed by atoms with Crippen molar-refractivity contribution in [3.8, 4) is 0 Å². The van der Waals surface area contributed by atoms with Crippen LogP contribution < -0.4 is 0 Å². The lowest BCUT2D eigenvalue weighted by Crippen LogP contribution is -2.35. The Labute approximate surface area is 263 Å². The van der Waals surface area contributed by atoms with Gasteiger partial charge in [0.15, 0.2) is 0 Å². The minimum atomic E-state index is -0.304. The Bertz CT molecular complexity index is 575. The largest absolute Gasteiger partial charge is 0.458 e. The molecule has 0 heterocycles. The van der Waals surface area contributed by atoms with E-state index in [1.807, 2.05) is 0 Å². The Balaban J connectivity index is 4.72. The minimum Gasteiger partial charge on any atom is -0.458 e. The highest BCUT2D eigenvalue weighted by Crippen LogP contribution is 2.22. The highest BCUT2D eigenvalue weighted by molar-refractivity contribution is 5.70. The zero-order chi connectivity index (χ0) is 30.9. The summed E-state index contributed by atoms with van der Waals surface area (Å²) in [5.74, 6) is -0.211. The van der Waals surface area contributed by atoms with Crippen molar-refractivity contribution in [1.82, 2.24) is 0 Å². The van der Waals surface area contributed by atoms with E-state index in [-0.39, 0.29) is 24.1 Å². The molecular formula is C38H74O4. The van der Waals surface area contributed by atoms with E-state index < -0.39 is 0 Å². The van der Waals surface area contributed by atoms with Crippen LogP contribution in [0.25, 0.3) is 0 Å².